The largest absolute Gasteiger partial charge is 0.392 e. The van der Waals surface area contributed by atoms with Gasteiger partial charge in [-0.3, -0.25) is 19.9 Å². The maximum Gasteiger partial charge on any atom is 0.259 e. The van der Waals surface area contributed by atoms with Crippen LogP contribution in [0.4, 0.5) is 0 Å². The van der Waals surface area contributed by atoms with Crippen LogP contribution >= 0.6 is 0 Å². The van der Waals surface area contributed by atoms with Crippen molar-refractivity contribution in [1.82, 2.24) is 15.6 Å². The third-order valence-electron chi connectivity index (χ3n) is 5.39. The van der Waals surface area contributed by atoms with Gasteiger partial charge >= 0.3 is 0 Å². The third kappa shape index (κ3) is 3.63. The molecule has 2 aromatic rings. The lowest BCUT2D eigenvalue weighted by molar-refractivity contribution is 0.0879. The van der Waals surface area contributed by atoms with Gasteiger partial charge < -0.3 is 10.4 Å². The van der Waals surface area contributed by atoms with E-state index in [9.17, 15) is 14.7 Å². The summed E-state index contributed by atoms with van der Waals surface area (Å²) in [5, 5.41) is 16.2. The number of nitrogens with one attached hydrogen (secondary N) is 2. The highest BCUT2D eigenvalue weighted by Gasteiger charge is 2.29. The van der Waals surface area contributed by atoms with E-state index in [0.717, 1.165) is 30.5 Å². The number of aromatic nitrogens is 1. The monoisotopic (exact) mass is 365 g/mol. The minimum absolute atomic E-state index is 0.175. The number of aliphatic hydroxyl groups excluding tert-OH is 1. The van der Waals surface area contributed by atoms with Crippen LogP contribution in [-0.2, 0) is 12.8 Å². The Morgan fingerprint density at radius 1 is 1.22 bits per heavy atom. The number of aliphatic hydroxyl groups is 1. The van der Waals surface area contributed by atoms with Gasteiger partial charge in [0.1, 0.15) is 0 Å². The summed E-state index contributed by atoms with van der Waals surface area (Å²) in [4.78, 5) is 28.2. The molecule has 6 heteroatoms. The van der Waals surface area contributed by atoms with E-state index in [4.69, 9.17) is 0 Å². The third-order valence-corrected chi connectivity index (χ3v) is 5.39. The van der Waals surface area contributed by atoms with E-state index in [0.29, 0.717) is 30.5 Å². The molecular weight excluding hydrogens is 342 g/mol. The van der Waals surface area contributed by atoms with Crippen LogP contribution in [0.1, 0.15) is 62.8 Å². The van der Waals surface area contributed by atoms with Gasteiger partial charge in [0.2, 0.25) is 0 Å². The molecule has 1 aliphatic carbocycles. The average Bonchev–Trinajstić information content (AvgIpc) is 2.99. The molecule has 0 saturated carbocycles. The fraction of sp³-hybridized carbons (Fsp3) is 0.381. The fourth-order valence-electron chi connectivity index (χ4n) is 4.01. The molecular formula is C21H23N3O3. The Morgan fingerprint density at radius 2 is 2.11 bits per heavy atom. The second-order valence-corrected chi connectivity index (χ2v) is 7.22. The first-order valence-corrected chi connectivity index (χ1v) is 9.46. The predicted molar refractivity (Wildman–Crippen MR) is 100 cm³/mol. The van der Waals surface area contributed by atoms with Crippen molar-refractivity contribution in [1.29, 1.82) is 0 Å². The van der Waals surface area contributed by atoms with Crippen LogP contribution in [0.3, 0.4) is 0 Å². The number of nitrogens with zero attached hydrogens (tertiary/aromatic N) is 1. The smallest absolute Gasteiger partial charge is 0.259 e. The molecule has 0 bridgehead atoms. The minimum atomic E-state index is -0.532. The second kappa shape index (κ2) is 7.58. The zero-order valence-corrected chi connectivity index (χ0v) is 15.1. The molecule has 2 aliphatic rings. The summed E-state index contributed by atoms with van der Waals surface area (Å²) in [6.07, 6.45) is 5.55. The van der Waals surface area contributed by atoms with Gasteiger partial charge in [-0.2, -0.15) is 0 Å². The van der Waals surface area contributed by atoms with Gasteiger partial charge in [-0.05, 0) is 55.4 Å². The van der Waals surface area contributed by atoms with Crippen LogP contribution in [-0.4, -0.2) is 34.6 Å². The molecule has 1 aliphatic heterocycles. The van der Waals surface area contributed by atoms with Gasteiger partial charge in [-0.15, -0.1) is 0 Å². The van der Waals surface area contributed by atoms with E-state index < -0.39 is 6.10 Å². The molecule has 0 saturated heterocycles. The lowest BCUT2D eigenvalue weighted by Gasteiger charge is -2.26. The number of rotatable bonds is 6. The fourth-order valence-corrected chi connectivity index (χ4v) is 4.01. The zero-order chi connectivity index (χ0) is 18.8. The Kier molecular flexibility index (Phi) is 5.01. The quantitative estimate of drug-likeness (QED) is 0.681. The summed E-state index contributed by atoms with van der Waals surface area (Å²) in [7, 11) is 0. The normalized spacial score (nSPS) is 19.4. The highest BCUT2D eigenvalue weighted by atomic mass is 16.3. The van der Waals surface area contributed by atoms with Crippen LogP contribution in [0.5, 0.6) is 0 Å². The van der Waals surface area contributed by atoms with Crippen LogP contribution in [0.15, 0.2) is 36.5 Å². The first-order valence-electron chi connectivity index (χ1n) is 9.46. The Balaban J connectivity index is 1.35. The molecule has 2 heterocycles. The number of aryl methyl sites for hydroxylation is 2. The number of carbonyl (C=O) groups is 2. The summed E-state index contributed by atoms with van der Waals surface area (Å²) in [6, 6.07) is 9.54. The number of amides is 2. The highest BCUT2D eigenvalue weighted by Crippen LogP contribution is 2.27. The Hall–Kier alpha value is -2.57. The highest BCUT2D eigenvalue weighted by molar-refractivity contribution is 6.22. The zero-order valence-electron chi connectivity index (χ0n) is 15.1. The minimum Gasteiger partial charge on any atom is -0.392 e. The molecule has 2 unspecified atom stereocenters. The molecule has 0 fully saturated rings. The molecule has 0 radical (unpaired) electrons. The lowest BCUT2D eigenvalue weighted by Crippen LogP contribution is -2.33. The number of benzene rings is 1. The lowest BCUT2D eigenvalue weighted by atomic mass is 9.91. The number of hydrogen-bond donors (Lipinski definition) is 3. The summed E-state index contributed by atoms with van der Waals surface area (Å²) in [6.45, 7) is 0.473. The summed E-state index contributed by atoms with van der Waals surface area (Å²) >= 11 is 0. The van der Waals surface area contributed by atoms with Crippen molar-refractivity contribution in [2.75, 3.05) is 6.54 Å². The van der Waals surface area contributed by atoms with E-state index in [2.05, 4.69) is 21.7 Å². The van der Waals surface area contributed by atoms with Gasteiger partial charge in [-0.1, -0.05) is 18.2 Å². The van der Waals surface area contributed by atoms with Crippen molar-refractivity contribution in [3.63, 3.8) is 0 Å². The molecule has 140 valence electrons. The number of carbonyl (C=O) groups excluding carboxylic acids is 2. The SMILES string of the molecule is O=C1NC(=O)c2c(CCC(O)CNC3CCCc4cccnc43)cccc21. The average molecular weight is 365 g/mol. The maximum absolute atomic E-state index is 12.0. The van der Waals surface area contributed by atoms with Gasteiger partial charge in [0.25, 0.3) is 11.8 Å². The van der Waals surface area contributed by atoms with Crippen molar-refractivity contribution in [2.45, 2.75) is 44.2 Å². The summed E-state index contributed by atoms with van der Waals surface area (Å²) in [5.41, 5.74) is 4.06. The van der Waals surface area contributed by atoms with Crippen molar-refractivity contribution in [3.05, 3.63) is 64.5 Å². The van der Waals surface area contributed by atoms with Gasteiger partial charge in [0.05, 0.1) is 22.9 Å². The van der Waals surface area contributed by atoms with Crippen molar-refractivity contribution in [2.24, 2.45) is 0 Å². The molecule has 1 aromatic carbocycles. The van der Waals surface area contributed by atoms with Crippen LogP contribution in [0.25, 0.3) is 0 Å². The maximum atomic E-state index is 12.0. The van der Waals surface area contributed by atoms with Crippen molar-refractivity contribution >= 4 is 11.8 Å². The van der Waals surface area contributed by atoms with Crippen LogP contribution in [0, 0.1) is 0 Å². The summed E-state index contributed by atoms with van der Waals surface area (Å²) in [5.74, 6) is -0.689. The molecule has 0 spiro atoms. The van der Waals surface area contributed by atoms with Crippen LogP contribution in [0.2, 0.25) is 0 Å². The predicted octanol–water partition coefficient (Wildman–Crippen LogP) is 1.93. The van der Waals surface area contributed by atoms with Crippen LogP contribution < -0.4 is 10.6 Å². The van der Waals surface area contributed by atoms with E-state index in [1.54, 1.807) is 12.1 Å². The standard InChI is InChI=1S/C21H23N3O3/c25-15(12-23-17-8-2-5-14-6-3-11-22-19(14)17)10-9-13-4-1-7-16-18(13)21(27)24-20(16)26/h1,3-4,6-7,11,15,17,23,25H,2,5,8-10,12H2,(H,24,26,27). The molecule has 2 amide bonds. The first-order chi connectivity index (χ1) is 13.1. The van der Waals surface area contributed by atoms with E-state index in [1.807, 2.05) is 18.3 Å². The van der Waals surface area contributed by atoms with Crippen molar-refractivity contribution in [3.8, 4) is 0 Å². The second-order valence-electron chi connectivity index (χ2n) is 7.22. The van der Waals surface area contributed by atoms with E-state index in [1.165, 1.54) is 5.56 Å². The number of fused-ring (bicyclic) bond motifs is 2. The number of imide groups is 1. The molecule has 1 aromatic heterocycles. The molecule has 27 heavy (non-hydrogen) atoms. The van der Waals surface area contributed by atoms with Gasteiger partial charge in [0.15, 0.2) is 0 Å². The molecule has 3 N–H and O–H groups in total. The first kappa shape index (κ1) is 17.8. The van der Waals surface area contributed by atoms with E-state index in [-0.39, 0.29) is 17.9 Å². The van der Waals surface area contributed by atoms with Crippen molar-refractivity contribution < 1.29 is 14.7 Å². The Labute approximate surface area is 158 Å². The molecule has 2 atom stereocenters. The van der Waals surface area contributed by atoms with Gasteiger partial charge in [-0.25, -0.2) is 0 Å². The Bertz CT molecular complexity index is 881. The summed E-state index contributed by atoms with van der Waals surface area (Å²) < 4.78 is 0. The number of pyridine rings is 1. The van der Waals surface area contributed by atoms with E-state index >= 15 is 0 Å². The topological polar surface area (TPSA) is 91.3 Å². The Morgan fingerprint density at radius 3 is 3.00 bits per heavy atom. The number of hydrogen-bond acceptors (Lipinski definition) is 5. The van der Waals surface area contributed by atoms with Gasteiger partial charge in [0, 0.05) is 18.8 Å². The molecule has 6 nitrogen and oxygen atoms in total. The molecule has 4 rings (SSSR count).